The first kappa shape index (κ1) is 19.4. The summed E-state index contributed by atoms with van der Waals surface area (Å²) in [7, 11) is 4.60. The van der Waals surface area contributed by atoms with Gasteiger partial charge in [0.15, 0.2) is 12.1 Å². The lowest BCUT2D eigenvalue weighted by Gasteiger charge is -2.14. The number of hydrogen-bond donors (Lipinski definition) is 0. The second-order valence-electron chi connectivity index (χ2n) is 5.56. The normalized spacial score (nSPS) is 12.7. The van der Waals surface area contributed by atoms with Crippen LogP contribution >= 0.6 is 0 Å². The van der Waals surface area contributed by atoms with Crippen LogP contribution in [0.25, 0.3) is 0 Å². The highest BCUT2D eigenvalue weighted by atomic mass is 16.7. The van der Waals surface area contributed by atoms with E-state index in [0.717, 1.165) is 19.3 Å². The van der Waals surface area contributed by atoms with Crippen molar-refractivity contribution >= 4 is 5.97 Å². The molecule has 0 saturated carbocycles. The third-order valence-electron chi connectivity index (χ3n) is 3.54. The molecule has 132 valence electrons. The third kappa shape index (κ3) is 6.19. The zero-order chi connectivity index (χ0) is 17.2. The minimum atomic E-state index is -0.478. The number of esters is 1. The number of methoxy groups -OCH3 is 3. The van der Waals surface area contributed by atoms with Gasteiger partial charge < -0.3 is 23.5 Å². The van der Waals surface area contributed by atoms with E-state index in [1.54, 1.807) is 20.3 Å². The highest BCUT2D eigenvalue weighted by molar-refractivity contribution is 5.77. The Hall–Kier alpha value is -1.60. The van der Waals surface area contributed by atoms with Crippen molar-refractivity contribution in [2.75, 3.05) is 27.9 Å². The highest BCUT2D eigenvalue weighted by Gasteiger charge is 2.29. The molecule has 0 aromatic carbocycles. The number of ether oxygens (including phenoxy) is 4. The maximum absolute atomic E-state index is 11.8. The van der Waals surface area contributed by atoms with E-state index in [4.69, 9.17) is 23.5 Å². The SMILES string of the molecule is COC(=O)C(c1cc(OCCCCC(OC)OC)no1)C(C)C. The Balaban J connectivity index is 2.43. The number of carbonyl (C=O) groups excluding carboxylic acids is 1. The fourth-order valence-electron chi connectivity index (χ4n) is 2.25. The number of unbranched alkanes of at least 4 members (excludes halogenated alkanes) is 1. The van der Waals surface area contributed by atoms with Gasteiger partial charge in [-0.3, -0.25) is 4.79 Å². The van der Waals surface area contributed by atoms with Crippen LogP contribution in [0.5, 0.6) is 5.88 Å². The van der Waals surface area contributed by atoms with Crippen LogP contribution in [0.15, 0.2) is 10.6 Å². The first-order valence-corrected chi connectivity index (χ1v) is 7.76. The molecule has 0 fully saturated rings. The van der Waals surface area contributed by atoms with Crippen LogP contribution in [0.2, 0.25) is 0 Å². The molecule has 0 spiro atoms. The van der Waals surface area contributed by atoms with Crippen LogP contribution in [0.4, 0.5) is 0 Å². The topological polar surface area (TPSA) is 80.0 Å². The lowest BCUT2D eigenvalue weighted by Crippen LogP contribution is -2.19. The van der Waals surface area contributed by atoms with Gasteiger partial charge in [0.05, 0.1) is 13.7 Å². The van der Waals surface area contributed by atoms with Crippen molar-refractivity contribution in [1.29, 1.82) is 0 Å². The molecule has 1 atom stereocenters. The van der Waals surface area contributed by atoms with E-state index >= 15 is 0 Å². The van der Waals surface area contributed by atoms with Crippen molar-refractivity contribution in [3.63, 3.8) is 0 Å². The van der Waals surface area contributed by atoms with E-state index in [9.17, 15) is 4.79 Å². The Bertz CT molecular complexity index is 455. The predicted octanol–water partition coefficient (Wildman–Crippen LogP) is 2.76. The molecule has 1 aromatic rings. The molecule has 0 aliphatic heterocycles. The summed E-state index contributed by atoms with van der Waals surface area (Å²) in [6.07, 6.45) is 2.38. The molecule has 0 bridgehead atoms. The Morgan fingerprint density at radius 1 is 1.22 bits per heavy atom. The van der Waals surface area contributed by atoms with Crippen molar-refractivity contribution in [2.24, 2.45) is 5.92 Å². The van der Waals surface area contributed by atoms with Crippen molar-refractivity contribution in [1.82, 2.24) is 5.16 Å². The molecule has 1 aromatic heterocycles. The average molecular weight is 329 g/mol. The molecule has 7 nitrogen and oxygen atoms in total. The molecule has 0 amide bonds. The number of aromatic nitrogens is 1. The maximum Gasteiger partial charge on any atom is 0.316 e. The van der Waals surface area contributed by atoms with E-state index in [0.29, 0.717) is 18.2 Å². The summed E-state index contributed by atoms with van der Waals surface area (Å²) in [5.74, 6) is 0.0652. The Labute approximate surface area is 137 Å². The second kappa shape index (κ2) is 10.2. The molecular weight excluding hydrogens is 302 g/mol. The third-order valence-corrected chi connectivity index (χ3v) is 3.54. The van der Waals surface area contributed by atoms with Crippen LogP contribution in [0.1, 0.15) is 44.8 Å². The first-order chi connectivity index (χ1) is 11.0. The van der Waals surface area contributed by atoms with Crippen LogP contribution < -0.4 is 4.74 Å². The first-order valence-electron chi connectivity index (χ1n) is 7.76. The molecule has 0 aliphatic carbocycles. The predicted molar refractivity (Wildman–Crippen MR) is 83.3 cm³/mol. The van der Waals surface area contributed by atoms with E-state index in [-0.39, 0.29) is 18.2 Å². The van der Waals surface area contributed by atoms with E-state index in [1.165, 1.54) is 7.11 Å². The molecule has 1 unspecified atom stereocenters. The van der Waals surface area contributed by atoms with E-state index in [1.807, 2.05) is 13.8 Å². The zero-order valence-corrected chi connectivity index (χ0v) is 14.5. The van der Waals surface area contributed by atoms with Gasteiger partial charge in [0.2, 0.25) is 0 Å². The lowest BCUT2D eigenvalue weighted by atomic mass is 9.93. The summed E-state index contributed by atoms with van der Waals surface area (Å²) in [6, 6.07) is 1.65. The lowest BCUT2D eigenvalue weighted by molar-refractivity contribution is -0.144. The number of nitrogens with zero attached hydrogens (tertiary/aromatic N) is 1. The van der Waals surface area contributed by atoms with Gasteiger partial charge in [-0.1, -0.05) is 13.8 Å². The van der Waals surface area contributed by atoms with Gasteiger partial charge in [-0.15, -0.1) is 0 Å². The molecule has 23 heavy (non-hydrogen) atoms. The van der Waals surface area contributed by atoms with Crippen molar-refractivity contribution < 1.29 is 28.3 Å². The molecule has 0 saturated heterocycles. The van der Waals surface area contributed by atoms with Crippen LogP contribution in [0, 0.1) is 5.92 Å². The summed E-state index contributed by atoms with van der Waals surface area (Å²) in [5.41, 5.74) is 0. The summed E-state index contributed by atoms with van der Waals surface area (Å²) in [5, 5.41) is 3.85. The van der Waals surface area contributed by atoms with Gasteiger partial charge in [-0.05, 0) is 30.3 Å². The minimum absolute atomic E-state index is 0.0447. The van der Waals surface area contributed by atoms with Gasteiger partial charge in [-0.25, -0.2) is 0 Å². The maximum atomic E-state index is 11.8. The molecule has 7 heteroatoms. The van der Waals surface area contributed by atoms with Crippen LogP contribution in [0.3, 0.4) is 0 Å². The highest BCUT2D eigenvalue weighted by Crippen LogP contribution is 2.28. The molecular formula is C16H27NO6. The van der Waals surface area contributed by atoms with E-state index < -0.39 is 5.92 Å². The second-order valence-corrected chi connectivity index (χ2v) is 5.56. The van der Waals surface area contributed by atoms with E-state index in [2.05, 4.69) is 5.16 Å². The van der Waals surface area contributed by atoms with Gasteiger partial charge in [0.25, 0.3) is 5.88 Å². The molecule has 1 rings (SSSR count). The van der Waals surface area contributed by atoms with Gasteiger partial charge in [0, 0.05) is 20.3 Å². The molecule has 0 radical (unpaired) electrons. The zero-order valence-electron chi connectivity index (χ0n) is 14.5. The van der Waals surface area contributed by atoms with Crippen LogP contribution in [-0.2, 0) is 19.0 Å². The van der Waals surface area contributed by atoms with Crippen molar-refractivity contribution in [3.05, 3.63) is 11.8 Å². The Morgan fingerprint density at radius 2 is 1.91 bits per heavy atom. The van der Waals surface area contributed by atoms with Gasteiger partial charge in [-0.2, -0.15) is 0 Å². The smallest absolute Gasteiger partial charge is 0.316 e. The summed E-state index contributed by atoms with van der Waals surface area (Å²) >= 11 is 0. The van der Waals surface area contributed by atoms with Crippen LogP contribution in [-0.4, -0.2) is 45.4 Å². The quantitative estimate of drug-likeness (QED) is 0.351. The Kier molecular flexibility index (Phi) is 8.65. The summed E-state index contributed by atoms with van der Waals surface area (Å²) < 4.78 is 25.8. The minimum Gasteiger partial charge on any atom is -0.476 e. The molecule has 1 heterocycles. The summed E-state index contributed by atoms with van der Waals surface area (Å²) in [4.78, 5) is 11.8. The fraction of sp³-hybridized carbons (Fsp3) is 0.750. The van der Waals surface area contributed by atoms with Gasteiger partial charge >= 0.3 is 5.97 Å². The number of hydrogen-bond acceptors (Lipinski definition) is 7. The largest absolute Gasteiger partial charge is 0.476 e. The number of rotatable bonds is 11. The van der Waals surface area contributed by atoms with Crippen molar-refractivity contribution in [3.8, 4) is 5.88 Å². The van der Waals surface area contributed by atoms with Crippen molar-refractivity contribution in [2.45, 2.75) is 45.3 Å². The van der Waals surface area contributed by atoms with Gasteiger partial charge in [0.1, 0.15) is 5.92 Å². The number of carbonyl (C=O) groups is 1. The molecule has 0 aliphatic rings. The fourth-order valence-corrected chi connectivity index (χ4v) is 2.25. The molecule has 0 N–H and O–H groups in total. The summed E-state index contributed by atoms with van der Waals surface area (Å²) in [6.45, 7) is 4.36. The average Bonchev–Trinajstić information content (AvgIpc) is 2.98. The standard InChI is InChI=1S/C16H27NO6/c1-11(2)15(16(18)21-5)12-10-13(17-23-12)22-9-7-6-8-14(19-3)20-4/h10-11,14-15H,6-9H2,1-5H3. The monoisotopic (exact) mass is 329 g/mol. The Morgan fingerprint density at radius 3 is 2.48 bits per heavy atom.